The fourth-order valence-corrected chi connectivity index (χ4v) is 3.70. The van der Waals surface area contributed by atoms with Gasteiger partial charge in [0.25, 0.3) is 0 Å². The molecule has 1 fully saturated rings. The van der Waals surface area contributed by atoms with Crippen LogP contribution in [0.25, 0.3) is 22.0 Å². The van der Waals surface area contributed by atoms with Crippen LogP contribution in [-0.4, -0.2) is 31.2 Å². The maximum Gasteiger partial charge on any atom is 0.148 e. The van der Waals surface area contributed by atoms with Gasteiger partial charge in [-0.05, 0) is 47.9 Å². The standard InChI is InChI=1S/C21H23ClN4/c1-14(23)15-3-2-4-16(11-15)17-5-6-20-18(12-17)13-19(22)21(25-20)26-9-7-24-8-10-26/h2-6,11-14,24H,7-10,23H2,1H3/t14-/m1/s1. The van der Waals surface area contributed by atoms with E-state index in [1.54, 1.807) is 0 Å². The van der Waals surface area contributed by atoms with Crippen LogP contribution in [0.1, 0.15) is 18.5 Å². The summed E-state index contributed by atoms with van der Waals surface area (Å²) in [6.07, 6.45) is 0. The van der Waals surface area contributed by atoms with Crippen LogP contribution in [0.3, 0.4) is 0 Å². The van der Waals surface area contributed by atoms with E-state index in [9.17, 15) is 0 Å². The van der Waals surface area contributed by atoms with E-state index in [1.807, 2.05) is 13.0 Å². The Hall–Kier alpha value is -2.14. The average Bonchev–Trinajstić information content (AvgIpc) is 2.67. The molecule has 0 unspecified atom stereocenters. The summed E-state index contributed by atoms with van der Waals surface area (Å²) < 4.78 is 0. The second-order valence-electron chi connectivity index (χ2n) is 6.85. The molecule has 4 nitrogen and oxygen atoms in total. The summed E-state index contributed by atoms with van der Waals surface area (Å²) in [5.41, 5.74) is 10.4. The summed E-state index contributed by atoms with van der Waals surface area (Å²) in [6.45, 7) is 5.79. The van der Waals surface area contributed by atoms with E-state index in [0.29, 0.717) is 5.02 Å². The van der Waals surface area contributed by atoms with Gasteiger partial charge in [0, 0.05) is 37.6 Å². The van der Waals surface area contributed by atoms with Crippen molar-refractivity contribution in [1.82, 2.24) is 10.3 Å². The smallest absolute Gasteiger partial charge is 0.148 e. The van der Waals surface area contributed by atoms with E-state index in [2.05, 4.69) is 52.7 Å². The van der Waals surface area contributed by atoms with Gasteiger partial charge in [0.15, 0.2) is 0 Å². The van der Waals surface area contributed by atoms with Crippen molar-refractivity contribution < 1.29 is 0 Å². The van der Waals surface area contributed by atoms with Gasteiger partial charge >= 0.3 is 0 Å². The van der Waals surface area contributed by atoms with Gasteiger partial charge in [-0.2, -0.15) is 0 Å². The molecule has 4 rings (SSSR count). The van der Waals surface area contributed by atoms with E-state index in [4.69, 9.17) is 22.3 Å². The number of hydrogen-bond acceptors (Lipinski definition) is 4. The topological polar surface area (TPSA) is 54.2 Å². The van der Waals surface area contributed by atoms with Crippen molar-refractivity contribution in [2.45, 2.75) is 13.0 Å². The molecular formula is C21H23ClN4. The predicted molar refractivity (Wildman–Crippen MR) is 110 cm³/mol. The summed E-state index contributed by atoms with van der Waals surface area (Å²) in [5, 5.41) is 5.12. The van der Waals surface area contributed by atoms with Crippen LogP contribution >= 0.6 is 11.6 Å². The zero-order valence-corrected chi connectivity index (χ0v) is 15.6. The van der Waals surface area contributed by atoms with Crippen LogP contribution < -0.4 is 16.0 Å². The number of benzene rings is 2. The third-order valence-electron chi connectivity index (χ3n) is 4.91. The number of fused-ring (bicyclic) bond motifs is 1. The van der Waals surface area contributed by atoms with E-state index in [1.165, 1.54) is 0 Å². The van der Waals surface area contributed by atoms with Crippen LogP contribution in [0.15, 0.2) is 48.5 Å². The summed E-state index contributed by atoms with van der Waals surface area (Å²) in [6, 6.07) is 16.8. The fraction of sp³-hybridized carbons (Fsp3) is 0.286. The summed E-state index contributed by atoms with van der Waals surface area (Å²) >= 11 is 6.56. The first-order valence-corrected chi connectivity index (χ1v) is 9.41. The molecule has 0 bridgehead atoms. The van der Waals surface area contributed by atoms with Crippen molar-refractivity contribution in [2.24, 2.45) is 5.73 Å². The molecular weight excluding hydrogens is 344 g/mol. The molecule has 134 valence electrons. The monoisotopic (exact) mass is 366 g/mol. The highest BCUT2D eigenvalue weighted by Crippen LogP contribution is 2.31. The van der Waals surface area contributed by atoms with Crippen LogP contribution in [0.2, 0.25) is 5.02 Å². The van der Waals surface area contributed by atoms with Crippen molar-refractivity contribution in [2.75, 3.05) is 31.1 Å². The van der Waals surface area contributed by atoms with Gasteiger partial charge in [0.1, 0.15) is 5.82 Å². The molecule has 0 amide bonds. The number of pyridine rings is 1. The zero-order chi connectivity index (χ0) is 18.1. The number of aromatic nitrogens is 1. The Morgan fingerprint density at radius 2 is 1.85 bits per heavy atom. The normalized spacial score (nSPS) is 16.0. The van der Waals surface area contributed by atoms with Gasteiger partial charge < -0.3 is 16.0 Å². The predicted octanol–water partition coefficient (Wildman–Crippen LogP) is 3.98. The van der Waals surface area contributed by atoms with Gasteiger partial charge in [-0.3, -0.25) is 0 Å². The molecule has 0 saturated carbocycles. The SMILES string of the molecule is C[C@@H](N)c1cccc(-c2ccc3nc(N4CCNCC4)c(Cl)cc3c2)c1. The number of nitrogens with one attached hydrogen (secondary N) is 1. The van der Waals surface area contributed by atoms with Crippen molar-refractivity contribution in [3.8, 4) is 11.1 Å². The molecule has 1 saturated heterocycles. The summed E-state index contributed by atoms with van der Waals surface area (Å²) in [5.74, 6) is 0.882. The number of piperazine rings is 1. The van der Waals surface area contributed by atoms with Crippen LogP contribution in [-0.2, 0) is 0 Å². The molecule has 1 aliphatic rings. The molecule has 3 aromatic rings. The Bertz CT molecular complexity index is 932. The highest BCUT2D eigenvalue weighted by atomic mass is 35.5. The van der Waals surface area contributed by atoms with E-state index in [0.717, 1.165) is 59.6 Å². The molecule has 1 aromatic heterocycles. The van der Waals surface area contributed by atoms with Crippen molar-refractivity contribution in [3.63, 3.8) is 0 Å². The van der Waals surface area contributed by atoms with Crippen molar-refractivity contribution in [3.05, 3.63) is 59.1 Å². The molecule has 2 heterocycles. The largest absolute Gasteiger partial charge is 0.353 e. The third kappa shape index (κ3) is 3.40. The Balaban J connectivity index is 1.73. The Morgan fingerprint density at radius 1 is 1.08 bits per heavy atom. The average molecular weight is 367 g/mol. The van der Waals surface area contributed by atoms with Gasteiger partial charge in [-0.1, -0.05) is 35.9 Å². The molecule has 5 heteroatoms. The quantitative estimate of drug-likeness (QED) is 0.736. The number of rotatable bonds is 3. The lowest BCUT2D eigenvalue weighted by Gasteiger charge is -2.29. The molecule has 3 N–H and O–H groups in total. The number of anilines is 1. The zero-order valence-electron chi connectivity index (χ0n) is 14.9. The molecule has 2 aromatic carbocycles. The lowest BCUT2D eigenvalue weighted by molar-refractivity contribution is 0.585. The second kappa shape index (κ2) is 7.23. The highest BCUT2D eigenvalue weighted by molar-refractivity contribution is 6.33. The third-order valence-corrected chi connectivity index (χ3v) is 5.19. The van der Waals surface area contributed by atoms with E-state index in [-0.39, 0.29) is 6.04 Å². The number of hydrogen-bond donors (Lipinski definition) is 2. The fourth-order valence-electron chi connectivity index (χ4n) is 3.42. The first kappa shape index (κ1) is 17.3. The first-order chi connectivity index (χ1) is 12.6. The number of halogens is 1. The minimum Gasteiger partial charge on any atom is -0.353 e. The highest BCUT2D eigenvalue weighted by Gasteiger charge is 2.16. The number of nitrogens with two attached hydrogens (primary N) is 1. The minimum absolute atomic E-state index is 0.0214. The summed E-state index contributed by atoms with van der Waals surface area (Å²) in [4.78, 5) is 7.07. The maximum absolute atomic E-state index is 6.56. The van der Waals surface area contributed by atoms with Gasteiger partial charge in [-0.25, -0.2) is 4.98 Å². The summed E-state index contributed by atoms with van der Waals surface area (Å²) in [7, 11) is 0. The van der Waals surface area contributed by atoms with Gasteiger partial charge in [-0.15, -0.1) is 0 Å². The minimum atomic E-state index is 0.0214. The van der Waals surface area contributed by atoms with Gasteiger partial charge in [0.05, 0.1) is 10.5 Å². The Labute approximate surface area is 159 Å². The van der Waals surface area contributed by atoms with E-state index >= 15 is 0 Å². The number of nitrogens with zero attached hydrogens (tertiary/aromatic N) is 2. The Morgan fingerprint density at radius 3 is 2.62 bits per heavy atom. The van der Waals surface area contributed by atoms with Crippen molar-refractivity contribution >= 4 is 28.3 Å². The lowest BCUT2D eigenvalue weighted by atomic mass is 9.99. The molecule has 0 spiro atoms. The maximum atomic E-state index is 6.56. The van der Waals surface area contributed by atoms with E-state index < -0.39 is 0 Å². The van der Waals surface area contributed by atoms with Gasteiger partial charge in [0.2, 0.25) is 0 Å². The second-order valence-corrected chi connectivity index (χ2v) is 7.26. The van der Waals surface area contributed by atoms with Crippen LogP contribution in [0, 0.1) is 0 Å². The van der Waals surface area contributed by atoms with Crippen molar-refractivity contribution in [1.29, 1.82) is 0 Å². The lowest BCUT2D eigenvalue weighted by Crippen LogP contribution is -2.44. The first-order valence-electron chi connectivity index (χ1n) is 9.04. The van der Waals surface area contributed by atoms with Crippen LogP contribution in [0.4, 0.5) is 5.82 Å². The molecule has 0 radical (unpaired) electrons. The molecule has 1 atom stereocenters. The molecule has 0 aliphatic carbocycles. The molecule has 26 heavy (non-hydrogen) atoms. The van der Waals surface area contributed by atoms with Crippen LogP contribution in [0.5, 0.6) is 0 Å². The Kier molecular flexibility index (Phi) is 4.81. The molecule has 1 aliphatic heterocycles.